The van der Waals surface area contributed by atoms with Crippen molar-refractivity contribution >= 4 is 22.7 Å². The van der Waals surface area contributed by atoms with Crippen LogP contribution < -0.4 is 10.4 Å². The van der Waals surface area contributed by atoms with Crippen LogP contribution in [-0.2, 0) is 12.3 Å². The molecule has 0 aliphatic heterocycles. The standard InChI is InChI=1S/C23H21N3O3S/c1-4-11-26-22(16-6-8-18(28-3)9-7-16)24-25-23(26)30-14-17-13-21(27)29-20-12-15(2)5-10-19(17)20/h4-10,12-13H,1,11,14H2,2-3H3. The van der Waals surface area contributed by atoms with E-state index in [2.05, 4.69) is 16.8 Å². The van der Waals surface area contributed by atoms with Gasteiger partial charge in [-0.2, -0.15) is 0 Å². The molecule has 0 saturated carbocycles. The first kappa shape index (κ1) is 20.0. The summed E-state index contributed by atoms with van der Waals surface area (Å²) in [5.41, 5.74) is 3.15. The minimum absolute atomic E-state index is 0.352. The Morgan fingerprint density at radius 3 is 2.70 bits per heavy atom. The Labute approximate surface area is 178 Å². The summed E-state index contributed by atoms with van der Waals surface area (Å²) in [7, 11) is 1.64. The van der Waals surface area contributed by atoms with Crippen molar-refractivity contribution in [2.75, 3.05) is 7.11 Å². The molecule has 2 heterocycles. The summed E-state index contributed by atoms with van der Waals surface area (Å²) in [6.45, 7) is 6.41. The number of hydrogen-bond donors (Lipinski definition) is 0. The van der Waals surface area contributed by atoms with E-state index in [-0.39, 0.29) is 5.63 Å². The number of benzene rings is 2. The molecule has 0 unspecified atom stereocenters. The molecule has 6 nitrogen and oxygen atoms in total. The summed E-state index contributed by atoms with van der Waals surface area (Å²) in [6, 6.07) is 15.1. The zero-order valence-corrected chi connectivity index (χ0v) is 17.6. The lowest BCUT2D eigenvalue weighted by Crippen LogP contribution is -2.02. The van der Waals surface area contributed by atoms with Gasteiger partial charge >= 0.3 is 5.63 Å². The molecule has 0 spiro atoms. The zero-order valence-electron chi connectivity index (χ0n) is 16.8. The Bertz CT molecular complexity index is 1260. The summed E-state index contributed by atoms with van der Waals surface area (Å²) in [5.74, 6) is 2.12. The van der Waals surface area contributed by atoms with E-state index in [0.717, 1.165) is 38.8 Å². The molecule has 0 fully saturated rings. The van der Waals surface area contributed by atoms with Crippen LogP contribution in [0.3, 0.4) is 0 Å². The van der Waals surface area contributed by atoms with Crippen LogP contribution in [0.25, 0.3) is 22.4 Å². The molecule has 7 heteroatoms. The molecule has 0 saturated heterocycles. The highest BCUT2D eigenvalue weighted by Gasteiger charge is 2.15. The second kappa shape index (κ2) is 8.59. The van der Waals surface area contributed by atoms with Crippen molar-refractivity contribution < 1.29 is 9.15 Å². The summed E-state index contributed by atoms with van der Waals surface area (Å²) >= 11 is 1.53. The fourth-order valence-electron chi connectivity index (χ4n) is 3.24. The summed E-state index contributed by atoms with van der Waals surface area (Å²) in [5, 5.41) is 10.5. The van der Waals surface area contributed by atoms with Crippen molar-refractivity contribution in [3.8, 4) is 17.1 Å². The third kappa shape index (κ3) is 4.02. The van der Waals surface area contributed by atoms with Gasteiger partial charge in [0.25, 0.3) is 0 Å². The first-order valence-corrected chi connectivity index (χ1v) is 10.4. The molecule has 30 heavy (non-hydrogen) atoms. The highest BCUT2D eigenvalue weighted by Crippen LogP contribution is 2.29. The highest BCUT2D eigenvalue weighted by atomic mass is 32.2. The SMILES string of the molecule is C=CCn1c(SCc2cc(=O)oc3cc(C)ccc23)nnc1-c1ccc(OC)cc1. The molecule has 0 aliphatic rings. The number of aromatic nitrogens is 3. The molecular weight excluding hydrogens is 398 g/mol. The van der Waals surface area contributed by atoms with E-state index in [1.165, 1.54) is 11.8 Å². The molecule has 2 aromatic heterocycles. The van der Waals surface area contributed by atoms with Crippen molar-refractivity contribution in [2.24, 2.45) is 0 Å². The Morgan fingerprint density at radius 1 is 1.17 bits per heavy atom. The van der Waals surface area contributed by atoms with E-state index in [1.54, 1.807) is 13.2 Å². The topological polar surface area (TPSA) is 70.2 Å². The first-order chi connectivity index (χ1) is 14.6. The fraction of sp³-hybridized carbons (Fsp3) is 0.174. The third-order valence-electron chi connectivity index (χ3n) is 4.72. The van der Waals surface area contributed by atoms with Gasteiger partial charge in [-0.25, -0.2) is 4.79 Å². The maximum atomic E-state index is 12.0. The smallest absolute Gasteiger partial charge is 0.336 e. The second-order valence-electron chi connectivity index (χ2n) is 6.81. The van der Waals surface area contributed by atoms with Crippen LogP contribution in [0.2, 0.25) is 0 Å². The molecule has 4 aromatic rings. The maximum absolute atomic E-state index is 12.0. The molecule has 0 atom stereocenters. The molecule has 0 N–H and O–H groups in total. The average Bonchev–Trinajstić information content (AvgIpc) is 3.14. The van der Waals surface area contributed by atoms with Crippen LogP contribution in [0.5, 0.6) is 5.75 Å². The van der Waals surface area contributed by atoms with Gasteiger partial charge in [0.1, 0.15) is 11.3 Å². The van der Waals surface area contributed by atoms with E-state index in [4.69, 9.17) is 9.15 Å². The van der Waals surface area contributed by atoms with E-state index >= 15 is 0 Å². The maximum Gasteiger partial charge on any atom is 0.336 e. The Hall–Kier alpha value is -3.32. The molecule has 0 aliphatic carbocycles. The predicted molar refractivity (Wildman–Crippen MR) is 119 cm³/mol. The molecule has 0 radical (unpaired) electrons. The predicted octanol–water partition coefficient (Wildman–Crippen LogP) is 4.85. The lowest BCUT2D eigenvalue weighted by atomic mass is 10.1. The highest BCUT2D eigenvalue weighted by molar-refractivity contribution is 7.98. The van der Waals surface area contributed by atoms with Gasteiger partial charge in [-0.15, -0.1) is 16.8 Å². The van der Waals surface area contributed by atoms with Crippen LogP contribution >= 0.6 is 11.8 Å². The lowest BCUT2D eigenvalue weighted by molar-refractivity contribution is 0.415. The molecular formula is C23H21N3O3S. The van der Waals surface area contributed by atoms with Crippen LogP contribution in [0.1, 0.15) is 11.1 Å². The van der Waals surface area contributed by atoms with E-state index < -0.39 is 0 Å². The number of fused-ring (bicyclic) bond motifs is 1. The van der Waals surface area contributed by atoms with Crippen molar-refractivity contribution in [1.82, 2.24) is 14.8 Å². The van der Waals surface area contributed by atoms with Crippen LogP contribution in [-0.4, -0.2) is 21.9 Å². The van der Waals surface area contributed by atoms with Gasteiger partial charge in [-0.05, 0) is 48.4 Å². The Kier molecular flexibility index (Phi) is 5.72. The Morgan fingerprint density at radius 2 is 1.97 bits per heavy atom. The minimum Gasteiger partial charge on any atom is -0.497 e. The zero-order chi connectivity index (χ0) is 21.1. The number of aryl methyl sites for hydroxylation is 1. The van der Waals surface area contributed by atoms with Gasteiger partial charge in [0, 0.05) is 29.3 Å². The van der Waals surface area contributed by atoms with Gasteiger partial charge in [0.05, 0.1) is 7.11 Å². The molecule has 0 amide bonds. The van der Waals surface area contributed by atoms with Crippen LogP contribution in [0.4, 0.5) is 0 Å². The van der Waals surface area contributed by atoms with Gasteiger partial charge in [-0.1, -0.05) is 30.0 Å². The van der Waals surface area contributed by atoms with Crippen molar-refractivity contribution in [2.45, 2.75) is 24.4 Å². The quantitative estimate of drug-likeness (QED) is 0.242. The van der Waals surface area contributed by atoms with Crippen molar-refractivity contribution in [3.05, 3.63) is 82.7 Å². The van der Waals surface area contributed by atoms with Gasteiger partial charge < -0.3 is 9.15 Å². The number of allylic oxidation sites excluding steroid dienone is 1. The Balaban J connectivity index is 1.65. The van der Waals surface area contributed by atoms with Gasteiger partial charge in [0.2, 0.25) is 0 Å². The molecule has 152 valence electrons. The number of methoxy groups -OCH3 is 1. The summed E-state index contributed by atoms with van der Waals surface area (Å²) < 4.78 is 12.6. The van der Waals surface area contributed by atoms with Crippen molar-refractivity contribution in [1.29, 1.82) is 0 Å². The number of rotatable bonds is 7. The number of ether oxygens (including phenoxy) is 1. The number of nitrogens with zero attached hydrogens (tertiary/aromatic N) is 3. The minimum atomic E-state index is -0.352. The normalized spacial score (nSPS) is 11.0. The summed E-state index contributed by atoms with van der Waals surface area (Å²) in [6.07, 6.45) is 1.82. The van der Waals surface area contributed by atoms with E-state index in [1.807, 2.05) is 60.0 Å². The van der Waals surface area contributed by atoms with Gasteiger partial charge in [0.15, 0.2) is 11.0 Å². The largest absolute Gasteiger partial charge is 0.497 e. The monoisotopic (exact) mass is 419 g/mol. The summed E-state index contributed by atoms with van der Waals surface area (Å²) in [4.78, 5) is 12.0. The van der Waals surface area contributed by atoms with E-state index in [9.17, 15) is 4.79 Å². The number of hydrogen-bond acceptors (Lipinski definition) is 6. The third-order valence-corrected chi connectivity index (χ3v) is 5.73. The molecule has 4 rings (SSSR count). The number of thioether (sulfide) groups is 1. The molecule has 2 aromatic carbocycles. The van der Waals surface area contributed by atoms with Crippen LogP contribution in [0, 0.1) is 6.92 Å². The first-order valence-electron chi connectivity index (χ1n) is 9.44. The van der Waals surface area contributed by atoms with Crippen molar-refractivity contribution in [3.63, 3.8) is 0 Å². The van der Waals surface area contributed by atoms with E-state index in [0.29, 0.717) is 17.9 Å². The van der Waals surface area contributed by atoms with Gasteiger partial charge in [-0.3, -0.25) is 4.57 Å². The average molecular weight is 420 g/mol. The second-order valence-corrected chi connectivity index (χ2v) is 7.76. The van der Waals surface area contributed by atoms with Crippen LogP contribution in [0.15, 0.2) is 75.6 Å². The lowest BCUT2D eigenvalue weighted by Gasteiger charge is -2.09. The molecule has 0 bridgehead atoms. The fourth-order valence-corrected chi connectivity index (χ4v) is 4.18.